The molecule has 0 radical (unpaired) electrons. The van der Waals surface area contributed by atoms with Crippen LogP contribution in [0.5, 0.6) is 0 Å². The predicted molar refractivity (Wildman–Crippen MR) is 132 cm³/mol. The smallest absolute Gasteiger partial charge is 0.230 e. The summed E-state index contributed by atoms with van der Waals surface area (Å²) in [6.45, 7) is 5.04. The Morgan fingerprint density at radius 2 is 1.75 bits per heavy atom. The van der Waals surface area contributed by atoms with Gasteiger partial charge in [-0.3, -0.25) is 4.79 Å². The average molecular weight is 456 g/mol. The average Bonchev–Trinajstić information content (AvgIpc) is 3.11. The molecule has 1 aromatic carbocycles. The molecule has 0 aliphatic heterocycles. The maximum Gasteiger partial charge on any atom is 0.230 e. The van der Waals surface area contributed by atoms with Crippen LogP contribution < -0.4 is 5.32 Å². The molecule has 5 rings (SSSR count). The van der Waals surface area contributed by atoms with Crippen molar-refractivity contribution >= 4 is 17.7 Å². The van der Waals surface area contributed by atoms with Crippen LogP contribution in [-0.2, 0) is 10.5 Å². The number of hydrogen-bond donors (Lipinski definition) is 2. The molecular weight excluding hydrogens is 414 g/mol. The van der Waals surface area contributed by atoms with E-state index in [0.29, 0.717) is 17.2 Å². The van der Waals surface area contributed by atoms with Crippen molar-refractivity contribution in [2.45, 2.75) is 89.5 Å². The minimum absolute atomic E-state index is 0.0654. The summed E-state index contributed by atoms with van der Waals surface area (Å²) in [7, 11) is 0. The Hall–Kier alpha value is -1.00. The van der Waals surface area contributed by atoms with Crippen LogP contribution in [-0.4, -0.2) is 28.9 Å². The zero-order chi connectivity index (χ0) is 22.3. The van der Waals surface area contributed by atoms with E-state index in [-0.39, 0.29) is 17.4 Å². The molecule has 0 unspecified atom stereocenters. The van der Waals surface area contributed by atoms with Gasteiger partial charge in [-0.15, -0.1) is 11.8 Å². The minimum Gasteiger partial charge on any atom is -0.393 e. The van der Waals surface area contributed by atoms with E-state index >= 15 is 0 Å². The van der Waals surface area contributed by atoms with Gasteiger partial charge in [0.2, 0.25) is 5.91 Å². The second kappa shape index (κ2) is 8.98. The maximum atomic E-state index is 12.8. The first-order valence-corrected chi connectivity index (χ1v) is 14.1. The Kier molecular flexibility index (Phi) is 6.39. The fourth-order valence-corrected chi connectivity index (χ4v) is 9.34. The Labute approximate surface area is 198 Å². The molecule has 4 aliphatic rings. The first-order chi connectivity index (χ1) is 15.4. The summed E-state index contributed by atoms with van der Waals surface area (Å²) in [5, 5.41) is 13.7. The normalized spacial score (nSPS) is 43.1. The lowest BCUT2D eigenvalue weighted by Crippen LogP contribution is -2.56. The van der Waals surface area contributed by atoms with E-state index in [9.17, 15) is 9.90 Å². The molecule has 4 fully saturated rings. The Bertz CT molecular complexity index is 815. The second-order valence-electron chi connectivity index (χ2n) is 11.8. The van der Waals surface area contributed by atoms with Crippen LogP contribution in [0.25, 0.3) is 0 Å². The summed E-state index contributed by atoms with van der Waals surface area (Å²) >= 11 is 1.72. The molecule has 3 nitrogen and oxygen atoms in total. The molecule has 1 amide bonds. The van der Waals surface area contributed by atoms with Crippen molar-refractivity contribution in [2.75, 3.05) is 5.75 Å². The molecule has 0 spiro atoms. The van der Waals surface area contributed by atoms with Gasteiger partial charge >= 0.3 is 0 Å². The molecule has 0 heterocycles. The maximum absolute atomic E-state index is 12.8. The summed E-state index contributed by atoms with van der Waals surface area (Å²) in [6.07, 6.45) is 10.8. The number of aliphatic hydroxyl groups is 1. The van der Waals surface area contributed by atoms with E-state index in [4.69, 9.17) is 0 Å². The SMILES string of the molecule is C[C@]12CC[C@H]3[C@H](CC[C@H]4C[C@@H](O)CC[C@]43C)[C@H]1CC[C@@H]2NC(=O)CSCc1ccccc1. The molecule has 4 heteroatoms. The third kappa shape index (κ3) is 4.04. The van der Waals surface area contributed by atoms with Gasteiger partial charge < -0.3 is 10.4 Å². The summed E-state index contributed by atoms with van der Waals surface area (Å²) in [4.78, 5) is 12.8. The molecule has 8 atom stereocenters. The summed E-state index contributed by atoms with van der Waals surface area (Å²) in [5.74, 6) is 4.79. The van der Waals surface area contributed by atoms with Gasteiger partial charge in [0.25, 0.3) is 0 Å². The molecule has 176 valence electrons. The van der Waals surface area contributed by atoms with E-state index in [1.807, 2.05) is 6.07 Å². The highest BCUT2D eigenvalue weighted by molar-refractivity contribution is 7.99. The van der Waals surface area contributed by atoms with Gasteiger partial charge in [-0.2, -0.15) is 0 Å². The van der Waals surface area contributed by atoms with Gasteiger partial charge in [0.1, 0.15) is 0 Å². The van der Waals surface area contributed by atoms with Crippen LogP contribution in [0.2, 0.25) is 0 Å². The van der Waals surface area contributed by atoms with E-state index in [1.54, 1.807) is 11.8 Å². The quantitative estimate of drug-likeness (QED) is 0.589. The van der Waals surface area contributed by atoms with Crippen molar-refractivity contribution in [1.29, 1.82) is 0 Å². The molecule has 0 aromatic heterocycles. The largest absolute Gasteiger partial charge is 0.393 e. The lowest BCUT2D eigenvalue weighted by atomic mass is 9.45. The third-order valence-corrected chi connectivity index (χ3v) is 11.3. The first-order valence-electron chi connectivity index (χ1n) is 13.0. The van der Waals surface area contributed by atoms with Crippen LogP contribution in [0, 0.1) is 34.5 Å². The van der Waals surface area contributed by atoms with Crippen molar-refractivity contribution in [3.8, 4) is 0 Å². The number of fused-ring (bicyclic) bond motifs is 5. The van der Waals surface area contributed by atoms with Crippen molar-refractivity contribution < 1.29 is 9.90 Å². The van der Waals surface area contributed by atoms with Gasteiger partial charge in [0.05, 0.1) is 11.9 Å². The predicted octanol–water partition coefficient (Wildman–Crippen LogP) is 5.81. The van der Waals surface area contributed by atoms with E-state index in [1.165, 1.54) is 44.1 Å². The first kappa shape index (κ1) is 22.8. The second-order valence-corrected chi connectivity index (χ2v) is 12.8. The monoisotopic (exact) mass is 455 g/mol. The molecule has 1 aromatic rings. The Morgan fingerprint density at radius 3 is 2.56 bits per heavy atom. The Morgan fingerprint density at radius 1 is 1.00 bits per heavy atom. The highest BCUT2D eigenvalue weighted by Gasteiger charge is 2.60. The highest BCUT2D eigenvalue weighted by Crippen LogP contribution is 2.66. The number of amides is 1. The van der Waals surface area contributed by atoms with Crippen molar-refractivity contribution in [3.63, 3.8) is 0 Å². The molecular formula is C28H41NO2S. The highest BCUT2D eigenvalue weighted by atomic mass is 32.2. The number of benzene rings is 1. The number of nitrogens with one attached hydrogen (secondary N) is 1. The number of rotatable bonds is 5. The molecule has 4 aliphatic carbocycles. The zero-order valence-electron chi connectivity index (χ0n) is 19.9. The topological polar surface area (TPSA) is 49.3 Å². The number of aliphatic hydroxyl groups excluding tert-OH is 1. The fourth-order valence-electron chi connectivity index (χ4n) is 8.54. The standard InChI is InChI=1S/C28H41NO2S/c1-27-14-12-21(30)16-20(27)8-9-22-23-10-11-25(28(23,2)15-13-24(22)27)29-26(31)18-32-17-19-6-4-3-5-7-19/h3-7,20-25,30H,8-18H2,1-2H3,(H,29,31)/t20-,21-,22+,23+,24-,25-,27+,28-/m0/s1. The van der Waals surface area contributed by atoms with E-state index < -0.39 is 0 Å². The lowest BCUT2D eigenvalue weighted by Gasteiger charge is -2.60. The van der Waals surface area contributed by atoms with Crippen molar-refractivity contribution in [2.24, 2.45) is 34.5 Å². The van der Waals surface area contributed by atoms with Crippen LogP contribution in [0.4, 0.5) is 0 Å². The van der Waals surface area contributed by atoms with Gasteiger partial charge in [0, 0.05) is 11.8 Å². The fraction of sp³-hybridized carbons (Fsp3) is 0.750. The molecule has 0 bridgehead atoms. The van der Waals surface area contributed by atoms with Gasteiger partial charge in [0.15, 0.2) is 0 Å². The van der Waals surface area contributed by atoms with Crippen LogP contribution >= 0.6 is 11.8 Å². The van der Waals surface area contributed by atoms with Crippen LogP contribution in [0.3, 0.4) is 0 Å². The van der Waals surface area contributed by atoms with Gasteiger partial charge in [-0.1, -0.05) is 44.2 Å². The van der Waals surface area contributed by atoms with Crippen LogP contribution in [0.15, 0.2) is 30.3 Å². The summed E-state index contributed by atoms with van der Waals surface area (Å²) in [6, 6.07) is 10.8. The lowest BCUT2D eigenvalue weighted by molar-refractivity contribution is -0.128. The number of thioether (sulfide) groups is 1. The van der Waals surface area contributed by atoms with Gasteiger partial charge in [-0.05, 0) is 97.9 Å². The zero-order valence-corrected chi connectivity index (χ0v) is 20.7. The van der Waals surface area contributed by atoms with E-state index in [2.05, 4.69) is 43.4 Å². The number of carbonyl (C=O) groups is 1. The Balaban J connectivity index is 1.20. The van der Waals surface area contributed by atoms with Crippen molar-refractivity contribution in [3.05, 3.63) is 35.9 Å². The summed E-state index contributed by atoms with van der Waals surface area (Å²) in [5.41, 5.74) is 1.98. The van der Waals surface area contributed by atoms with Crippen LogP contribution in [0.1, 0.15) is 77.2 Å². The molecule has 2 N–H and O–H groups in total. The third-order valence-electron chi connectivity index (χ3n) is 10.3. The number of hydrogen-bond acceptors (Lipinski definition) is 3. The number of carbonyl (C=O) groups excluding carboxylic acids is 1. The molecule has 0 saturated heterocycles. The summed E-state index contributed by atoms with van der Waals surface area (Å²) < 4.78 is 0. The molecule has 4 saturated carbocycles. The molecule has 32 heavy (non-hydrogen) atoms. The minimum atomic E-state index is -0.0654. The van der Waals surface area contributed by atoms with E-state index in [0.717, 1.165) is 48.7 Å². The van der Waals surface area contributed by atoms with Gasteiger partial charge in [-0.25, -0.2) is 0 Å². The van der Waals surface area contributed by atoms with Crippen molar-refractivity contribution in [1.82, 2.24) is 5.32 Å².